The summed E-state index contributed by atoms with van der Waals surface area (Å²) < 4.78 is 40.7. The maximum atomic E-state index is 15.4. The Hall–Kier alpha value is -6.27. The van der Waals surface area contributed by atoms with Crippen LogP contribution >= 0.6 is 0 Å². The van der Waals surface area contributed by atoms with Crippen molar-refractivity contribution in [3.8, 4) is 17.1 Å². The maximum Gasteiger partial charge on any atom is 0.258 e. The quantitative estimate of drug-likeness (QED) is 0.204. The molecule has 0 unspecified atom stereocenters. The third-order valence-corrected chi connectivity index (χ3v) is 13.0. The molecule has 4 aliphatic rings. The number of nitrogens with one attached hydrogen (secondary N) is 2. The lowest BCUT2D eigenvalue weighted by atomic mass is 9.89. The molecule has 18 heteroatoms. The molecule has 4 atom stereocenters. The number of fused-ring (bicyclic) bond motifs is 7. The summed E-state index contributed by atoms with van der Waals surface area (Å²) in [5.41, 5.74) is 4.99. The van der Waals surface area contributed by atoms with E-state index in [1.54, 1.807) is 32.8 Å². The molecule has 0 spiro atoms. The summed E-state index contributed by atoms with van der Waals surface area (Å²) >= 11 is 0. The molecule has 0 aliphatic carbocycles. The van der Waals surface area contributed by atoms with Crippen molar-refractivity contribution < 1.29 is 37.8 Å². The van der Waals surface area contributed by atoms with Crippen LogP contribution in [0.5, 0.6) is 5.88 Å². The van der Waals surface area contributed by atoms with Crippen molar-refractivity contribution in [2.75, 3.05) is 56.2 Å². The van der Waals surface area contributed by atoms with Gasteiger partial charge in [-0.2, -0.15) is 5.10 Å². The molecule has 16 nitrogen and oxygen atoms in total. The second-order valence-corrected chi connectivity index (χ2v) is 17.7. The second kappa shape index (κ2) is 17.7. The van der Waals surface area contributed by atoms with E-state index in [4.69, 9.17) is 14.7 Å². The fraction of sp³-hybridized carbons (Fsp3) is 0.457. The minimum atomic E-state index is -1.09. The highest BCUT2D eigenvalue weighted by Crippen LogP contribution is 2.35. The predicted molar refractivity (Wildman–Crippen MR) is 232 cm³/mol. The highest BCUT2D eigenvalue weighted by molar-refractivity contribution is 6.05. The number of carbonyl (C=O) groups excluding carboxylic acids is 4. The monoisotopic (exact) mass is 878 g/mol. The summed E-state index contributed by atoms with van der Waals surface area (Å²) in [4.78, 5) is 67.1. The number of aliphatic hydroxyl groups excluding tert-OH is 1. The number of benzene rings is 2. The Morgan fingerprint density at radius 2 is 1.77 bits per heavy atom. The molecule has 3 aromatic heterocycles. The average molecular weight is 879 g/mol. The van der Waals surface area contributed by atoms with Crippen molar-refractivity contribution in [1.29, 1.82) is 0 Å². The Morgan fingerprint density at radius 3 is 2.55 bits per heavy atom. The van der Waals surface area contributed by atoms with Gasteiger partial charge in [-0.15, -0.1) is 0 Å². The Labute approximate surface area is 368 Å². The third-order valence-electron chi connectivity index (χ3n) is 13.0. The van der Waals surface area contributed by atoms with Gasteiger partial charge in [0.05, 0.1) is 59.6 Å². The predicted octanol–water partition coefficient (Wildman–Crippen LogP) is 4.53. The van der Waals surface area contributed by atoms with E-state index in [-0.39, 0.29) is 55.0 Å². The summed E-state index contributed by atoms with van der Waals surface area (Å²) in [5.74, 6) is -3.58. The molecule has 2 aromatic carbocycles. The van der Waals surface area contributed by atoms with Crippen molar-refractivity contribution in [3.05, 3.63) is 82.7 Å². The van der Waals surface area contributed by atoms with Gasteiger partial charge in [0.25, 0.3) is 5.91 Å². The van der Waals surface area contributed by atoms with Crippen molar-refractivity contribution >= 4 is 46.3 Å². The number of carbonyl (C=O) groups is 4. The highest BCUT2D eigenvalue weighted by atomic mass is 19.1. The molecule has 2 bridgehead atoms. The van der Waals surface area contributed by atoms with E-state index in [0.717, 1.165) is 29.4 Å². The zero-order chi connectivity index (χ0) is 44.8. The molecule has 4 amide bonds. The second-order valence-electron chi connectivity index (χ2n) is 17.7. The first-order valence-electron chi connectivity index (χ1n) is 22.0. The zero-order valence-corrected chi connectivity index (χ0v) is 36.1. The van der Waals surface area contributed by atoms with Gasteiger partial charge < -0.3 is 24.2 Å². The van der Waals surface area contributed by atoms with Crippen LogP contribution in [-0.4, -0.2) is 115 Å². The van der Waals surface area contributed by atoms with Gasteiger partial charge in [-0.05, 0) is 80.5 Å². The molecule has 64 heavy (non-hydrogen) atoms. The summed E-state index contributed by atoms with van der Waals surface area (Å²) in [6.45, 7) is 7.54. The van der Waals surface area contributed by atoms with E-state index in [9.17, 15) is 24.3 Å². The van der Waals surface area contributed by atoms with E-state index < -0.39 is 41.3 Å². The maximum absolute atomic E-state index is 15.4. The lowest BCUT2D eigenvalue weighted by molar-refractivity contribution is -0.141. The van der Waals surface area contributed by atoms with Crippen molar-refractivity contribution in [1.82, 2.24) is 39.4 Å². The lowest BCUT2D eigenvalue weighted by Crippen LogP contribution is -2.57. The molecular weight excluding hydrogens is 827 g/mol. The molecule has 3 N–H and O–H groups in total. The van der Waals surface area contributed by atoms with Gasteiger partial charge in [0.2, 0.25) is 29.5 Å². The molecule has 4 aliphatic heterocycles. The van der Waals surface area contributed by atoms with Gasteiger partial charge in [-0.1, -0.05) is 13.0 Å². The number of piperidine rings is 1. The Balaban J connectivity index is 0.877. The van der Waals surface area contributed by atoms with Crippen LogP contribution in [-0.2, 0) is 34.5 Å². The number of nitrogens with zero attached hydrogens (tertiary/aromatic N) is 8. The summed E-state index contributed by atoms with van der Waals surface area (Å²) in [6.07, 6.45) is 3.89. The number of piperazine rings is 1. The average Bonchev–Trinajstić information content (AvgIpc) is 3.99. The van der Waals surface area contributed by atoms with Crippen LogP contribution < -0.4 is 20.3 Å². The number of aromatic nitrogens is 5. The van der Waals surface area contributed by atoms with Crippen LogP contribution in [0, 0.1) is 30.4 Å². The fourth-order valence-electron chi connectivity index (χ4n) is 9.69. The first-order chi connectivity index (χ1) is 30.8. The van der Waals surface area contributed by atoms with Gasteiger partial charge in [-0.3, -0.25) is 39.7 Å². The molecule has 9 rings (SSSR count). The van der Waals surface area contributed by atoms with Gasteiger partial charge in [0.15, 0.2) is 0 Å². The Bertz CT molecular complexity index is 2620. The first-order valence-corrected chi connectivity index (χ1v) is 22.0. The number of imide groups is 1. The summed E-state index contributed by atoms with van der Waals surface area (Å²) in [5, 5.41) is 20.2. The van der Waals surface area contributed by atoms with Crippen molar-refractivity contribution in [2.24, 2.45) is 18.9 Å². The van der Waals surface area contributed by atoms with E-state index >= 15 is 8.78 Å². The number of halogens is 2. The fourth-order valence-corrected chi connectivity index (χ4v) is 9.69. The minimum Gasteiger partial charge on any atom is -0.477 e. The topological polar surface area (TPSA) is 180 Å². The number of amides is 4. The first kappa shape index (κ1) is 43.0. The standard InChI is InChI=1S/C46H52F2N10O6/c1-26-5-4-14-64-45-34(20-49-54(45)3)38-17-30(15-27(2)50-38)42(61)53-46-51-37-8-6-28(16-39(37)58(46)21-26)22-55-12-13-57(32(24-55)25-59)44(63)29-10-11-56(23-29)31-18-35(47)41(36(48)19-31)33-7-9-40(60)52-43(33)62/h6,8,15-20,26,29,32-33,59H,4-5,7,9-14,21-25H2,1-3H3,(H,51,53,61)(H,52,60,62)/t26-,29-,32+,33-/m1/s1. The zero-order valence-electron chi connectivity index (χ0n) is 36.1. The minimum absolute atomic E-state index is 0.00206. The Kier molecular flexibility index (Phi) is 11.9. The number of aryl methyl sites for hydroxylation is 2. The molecule has 5 aromatic rings. The van der Waals surface area contributed by atoms with Crippen molar-refractivity contribution in [2.45, 2.75) is 71.0 Å². The molecular formula is C46H52F2N10O6. The van der Waals surface area contributed by atoms with E-state index in [1.807, 2.05) is 26.1 Å². The molecule has 3 saturated heterocycles. The van der Waals surface area contributed by atoms with Crippen molar-refractivity contribution in [3.63, 3.8) is 0 Å². The number of aliphatic hydroxyl groups is 1. The number of rotatable bonds is 6. The molecule has 336 valence electrons. The highest BCUT2D eigenvalue weighted by Gasteiger charge is 2.38. The normalized spacial score (nSPS) is 22.3. The molecule has 3 fully saturated rings. The van der Waals surface area contributed by atoms with Crippen LogP contribution in [0.2, 0.25) is 0 Å². The number of pyridine rings is 1. The number of imidazole rings is 1. The number of hydrogen-bond donors (Lipinski definition) is 3. The molecule has 0 saturated carbocycles. The van der Waals surface area contributed by atoms with Crippen LogP contribution in [0.4, 0.5) is 20.4 Å². The van der Waals surface area contributed by atoms with Crippen LogP contribution in [0.3, 0.4) is 0 Å². The third kappa shape index (κ3) is 8.55. The van der Waals surface area contributed by atoms with E-state index in [0.29, 0.717) is 86.6 Å². The van der Waals surface area contributed by atoms with Crippen LogP contribution in [0.25, 0.3) is 22.3 Å². The number of anilines is 2. The van der Waals surface area contributed by atoms with E-state index in [2.05, 4.69) is 38.2 Å². The smallest absolute Gasteiger partial charge is 0.258 e. The summed E-state index contributed by atoms with van der Waals surface area (Å²) in [7, 11) is 1.82. The SMILES string of the molecule is Cc1cc2cc(n1)-c1cnn(C)c1OCCC[C@@H](C)Cn1c(nc3ccc(CN4CCN(C(=O)[C@@H]5CCN(c6cc(F)c([C@H]7CCC(=O)NC7=O)c(F)c6)C5)[C@H](CO)C4)cc31)NC2=O. The van der Waals surface area contributed by atoms with Gasteiger partial charge in [-0.25, -0.2) is 18.4 Å². The van der Waals surface area contributed by atoms with Crippen LogP contribution in [0.15, 0.2) is 48.7 Å². The molecule has 0 radical (unpaired) electrons. The van der Waals surface area contributed by atoms with Gasteiger partial charge >= 0.3 is 0 Å². The van der Waals surface area contributed by atoms with Crippen LogP contribution in [0.1, 0.15) is 72.1 Å². The summed E-state index contributed by atoms with van der Waals surface area (Å²) in [6, 6.07) is 11.5. The number of hydrogen-bond acceptors (Lipinski definition) is 11. The van der Waals surface area contributed by atoms with Gasteiger partial charge in [0, 0.05) is 81.8 Å². The lowest BCUT2D eigenvalue weighted by Gasteiger charge is -2.41. The largest absolute Gasteiger partial charge is 0.477 e. The van der Waals surface area contributed by atoms with Gasteiger partial charge in [0.1, 0.15) is 11.6 Å². The van der Waals surface area contributed by atoms with E-state index in [1.165, 1.54) is 12.1 Å². The number of ether oxygens (including phenoxy) is 1. The Morgan fingerprint density at radius 1 is 0.953 bits per heavy atom. The molecule has 7 heterocycles.